The number of hydrogen-bond acceptors (Lipinski definition) is 3. The number of nitrogens with one attached hydrogen (secondary N) is 1. The molecular formula is C15H12Cl4N4O. The number of unbranched alkanes of at least 4 members (excludes halogenated alkanes) is 1. The average Bonchev–Trinajstić information content (AvgIpc) is 2.95. The fourth-order valence-corrected chi connectivity index (χ4v) is 2.79. The van der Waals surface area contributed by atoms with Crippen LogP contribution in [0.5, 0.6) is 0 Å². The van der Waals surface area contributed by atoms with Gasteiger partial charge in [-0.2, -0.15) is 10.4 Å². The highest BCUT2D eigenvalue weighted by molar-refractivity contribution is 6.48. The summed E-state index contributed by atoms with van der Waals surface area (Å²) in [4.78, 5) is 12.1. The van der Waals surface area contributed by atoms with E-state index in [2.05, 4.69) is 10.4 Å². The Bertz CT molecular complexity index is 798. The Morgan fingerprint density at radius 2 is 2.00 bits per heavy atom. The minimum Gasteiger partial charge on any atom is -0.309 e. The quantitative estimate of drug-likeness (QED) is 0.415. The molecular weight excluding hydrogens is 394 g/mol. The van der Waals surface area contributed by atoms with E-state index in [-0.39, 0.29) is 33.8 Å². The molecule has 24 heavy (non-hydrogen) atoms. The number of carbonyl (C=O) groups is 1. The van der Waals surface area contributed by atoms with Gasteiger partial charge in [-0.3, -0.25) is 4.79 Å². The molecule has 0 atom stereocenters. The maximum atomic E-state index is 12.1. The van der Waals surface area contributed by atoms with Gasteiger partial charge in [-0.25, -0.2) is 4.68 Å². The largest absolute Gasteiger partial charge is 0.309 e. The van der Waals surface area contributed by atoms with E-state index in [0.29, 0.717) is 23.0 Å². The summed E-state index contributed by atoms with van der Waals surface area (Å²) in [5.41, 5.74) is 0.617. The second kappa shape index (κ2) is 8.59. The molecule has 1 aromatic heterocycles. The molecule has 0 fully saturated rings. The van der Waals surface area contributed by atoms with E-state index in [1.54, 1.807) is 12.1 Å². The molecule has 9 heteroatoms. The van der Waals surface area contributed by atoms with Gasteiger partial charge >= 0.3 is 0 Å². The van der Waals surface area contributed by atoms with Gasteiger partial charge in [0.25, 0.3) is 0 Å². The molecule has 2 aromatic rings. The van der Waals surface area contributed by atoms with E-state index < -0.39 is 0 Å². The molecule has 0 saturated heterocycles. The van der Waals surface area contributed by atoms with Crippen LogP contribution in [0.15, 0.2) is 18.3 Å². The number of nitrogens with zero attached hydrogens (tertiary/aromatic N) is 3. The lowest BCUT2D eigenvalue weighted by Gasteiger charge is -2.12. The minimum absolute atomic E-state index is 0.171. The molecule has 0 aliphatic heterocycles. The smallest absolute Gasteiger partial charge is 0.225 e. The third kappa shape index (κ3) is 4.14. The van der Waals surface area contributed by atoms with Crippen molar-refractivity contribution in [2.45, 2.75) is 19.3 Å². The number of alkyl halides is 1. The van der Waals surface area contributed by atoms with Crippen molar-refractivity contribution in [3.63, 3.8) is 0 Å². The fourth-order valence-electron chi connectivity index (χ4n) is 1.99. The zero-order valence-corrected chi connectivity index (χ0v) is 15.3. The van der Waals surface area contributed by atoms with Crippen molar-refractivity contribution in [1.82, 2.24) is 9.78 Å². The van der Waals surface area contributed by atoms with E-state index in [1.165, 1.54) is 10.9 Å². The van der Waals surface area contributed by atoms with E-state index in [4.69, 9.17) is 46.4 Å². The molecule has 0 radical (unpaired) electrons. The maximum absolute atomic E-state index is 12.1. The lowest BCUT2D eigenvalue weighted by atomic mass is 10.2. The second-order valence-electron chi connectivity index (χ2n) is 4.82. The number of rotatable bonds is 6. The third-order valence-electron chi connectivity index (χ3n) is 3.18. The van der Waals surface area contributed by atoms with Gasteiger partial charge in [0, 0.05) is 12.3 Å². The predicted octanol–water partition coefficient (Wildman–Crippen LogP) is 5.05. The summed E-state index contributed by atoms with van der Waals surface area (Å²) in [5.74, 6) is 0.483. The molecule has 1 heterocycles. The van der Waals surface area contributed by atoms with Gasteiger partial charge in [0.05, 0.1) is 27.0 Å². The van der Waals surface area contributed by atoms with E-state index in [1.807, 2.05) is 6.07 Å². The lowest BCUT2D eigenvalue weighted by Crippen LogP contribution is -2.15. The van der Waals surface area contributed by atoms with Gasteiger partial charge in [-0.15, -0.1) is 11.6 Å². The van der Waals surface area contributed by atoms with Crippen LogP contribution in [0, 0.1) is 11.3 Å². The Morgan fingerprint density at radius 3 is 2.67 bits per heavy atom. The zero-order valence-electron chi connectivity index (χ0n) is 12.3. The monoisotopic (exact) mass is 404 g/mol. The van der Waals surface area contributed by atoms with E-state index in [9.17, 15) is 10.1 Å². The molecule has 1 aromatic carbocycles. The molecule has 5 nitrogen and oxygen atoms in total. The number of benzene rings is 1. The topological polar surface area (TPSA) is 70.7 Å². The first-order valence-electron chi connectivity index (χ1n) is 6.97. The van der Waals surface area contributed by atoms with Crippen LogP contribution in [-0.4, -0.2) is 21.6 Å². The number of amides is 1. The summed E-state index contributed by atoms with van der Waals surface area (Å²) in [5, 5.41) is 16.7. The SMILES string of the molecule is N#Cc1cnn(-c2ccc(Cl)c(Cl)c2Cl)c1NC(=O)CCCCCl. The van der Waals surface area contributed by atoms with Crippen molar-refractivity contribution < 1.29 is 4.79 Å². The average molecular weight is 406 g/mol. The maximum Gasteiger partial charge on any atom is 0.225 e. The molecule has 1 amide bonds. The van der Waals surface area contributed by atoms with Crippen molar-refractivity contribution in [3.8, 4) is 11.8 Å². The standard InChI is InChI=1S/C15H12Cl4N4O/c16-6-2-1-3-12(24)22-15-9(7-20)8-21-23(15)11-5-4-10(17)13(18)14(11)19/h4-5,8H,1-3,6H2,(H,22,24). The molecule has 0 unspecified atom stereocenters. The van der Waals surface area contributed by atoms with Crippen LogP contribution in [0.2, 0.25) is 15.1 Å². The third-order valence-corrected chi connectivity index (χ3v) is 4.73. The Labute approximate surface area is 159 Å². The van der Waals surface area contributed by atoms with Crippen LogP contribution >= 0.6 is 46.4 Å². The van der Waals surface area contributed by atoms with Gasteiger partial charge in [0.1, 0.15) is 11.6 Å². The number of halogens is 4. The molecule has 126 valence electrons. The minimum atomic E-state index is -0.241. The molecule has 1 N–H and O–H groups in total. The zero-order chi connectivity index (χ0) is 17.7. The van der Waals surface area contributed by atoms with Crippen LogP contribution in [-0.2, 0) is 4.79 Å². The van der Waals surface area contributed by atoms with E-state index in [0.717, 1.165) is 6.42 Å². The van der Waals surface area contributed by atoms with Crippen molar-refractivity contribution in [2.24, 2.45) is 0 Å². The van der Waals surface area contributed by atoms with Gasteiger partial charge in [0.2, 0.25) is 5.91 Å². The van der Waals surface area contributed by atoms with Crippen molar-refractivity contribution >= 4 is 58.1 Å². The number of aromatic nitrogens is 2. The summed E-state index contributed by atoms with van der Waals surface area (Å²) in [6, 6.07) is 5.15. The summed E-state index contributed by atoms with van der Waals surface area (Å²) >= 11 is 23.8. The Hall–Kier alpha value is -1.45. The summed E-state index contributed by atoms with van der Waals surface area (Å²) in [6.45, 7) is 0. The first kappa shape index (κ1) is 18.9. The van der Waals surface area contributed by atoms with Gasteiger partial charge in [-0.1, -0.05) is 34.8 Å². The highest BCUT2D eigenvalue weighted by atomic mass is 35.5. The van der Waals surface area contributed by atoms with Gasteiger partial charge in [-0.05, 0) is 25.0 Å². The number of carbonyl (C=O) groups excluding carboxylic acids is 1. The molecule has 0 bridgehead atoms. The fraction of sp³-hybridized carbons (Fsp3) is 0.267. The van der Waals surface area contributed by atoms with Crippen LogP contribution < -0.4 is 5.32 Å². The summed E-state index contributed by atoms with van der Waals surface area (Å²) in [7, 11) is 0. The van der Waals surface area contributed by atoms with Crippen LogP contribution in [0.3, 0.4) is 0 Å². The van der Waals surface area contributed by atoms with Crippen molar-refractivity contribution in [2.75, 3.05) is 11.2 Å². The van der Waals surface area contributed by atoms with Crippen molar-refractivity contribution in [3.05, 3.63) is 39.0 Å². The predicted molar refractivity (Wildman–Crippen MR) is 96.5 cm³/mol. The highest BCUT2D eigenvalue weighted by Gasteiger charge is 2.18. The molecule has 0 spiro atoms. The van der Waals surface area contributed by atoms with Gasteiger partial charge < -0.3 is 5.32 Å². The molecule has 2 rings (SSSR count). The number of nitriles is 1. The molecule has 0 aliphatic carbocycles. The highest BCUT2D eigenvalue weighted by Crippen LogP contribution is 2.36. The summed E-state index contributed by atoms with van der Waals surface area (Å²) in [6.07, 6.45) is 3.02. The molecule has 0 aliphatic rings. The van der Waals surface area contributed by atoms with Crippen LogP contribution in [0.25, 0.3) is 5.69 Å². The lowest BCUT2D eigenvalue weighted by molar-refractivity contribution is -0.116. The normalized spacial score (nSPS) is 10.5. The van der Waals surface area contributed by atoms with Crippen molar-refractivity contribution in [1.29, 1.82) is 5.26 Å². The summed E-state index contributed by atoms with van der Waals surface area (Å²) < 4.78 is 1.35. The number of anilines is 1. The Balaban J connectivity index is 2.36. The Kier molecular flexibility index (Phi) is 6.76. The Morgan fingerprint density at radius 1 is 1.25 bits per heavy atom. The number of hydrogen-bond donors (Lipinski definition) is 1. The first-order valence-corrected chi connectivity index (χ1v) is 8.64. The van der Waals surface area contributed by atoms with E-state index >= 15 is 0 Å². The second-order valence-corrected chi connectivity index (χ2v) is 6.36. The molecule has 0 saturated carbocycles. The first-order chi connectivity index (χ1) is 11.5. The van der Waals surface area contributed by atoms with Gasteiger partial charge in [0.15, 0.2) is 5.82 Å². The van der Waals surface area contributed by atoms with Crippen LogP contribution in [0.4, 0.5) is 5.82 Å². The van der Waals surface area contributed by atoms with Crippen LogP contribution in [0.1, 0.15) is 24.8 Å².